The topological polar surface area (TPSA) is 59.0 Å². The first-order valence-electron chi connectivity index (χ1n) is 13.7. The lowest BCUT2D eigenvalue weighted by Crippen LogP contribution is -2.37. The average molecular weight is 540 g/mol. The van der Waals surface area contributed by atoms with Crippen molar-refractivity contribution in [1.82, 2.24) is 0 Å². The van der Waals surface area contributed by atoms with Gasteiger partial charge in [-0.05, 0) is 92.7 Å². The van der Waals surface area contributed by atoms with Gasteiger partial charge in [0.05, 0.1) is 12.3 Å². The van der Waals surface area contributed by atoms with E-state index in [0.717, 1.165) is 67.2 Å². The van der Waals surface area contributed by atoms with E-state index in [9.17, 15) is 9.00 Å². The third-order valence-electron chi connectivity index (χ3n) is 8.06. The number of nitrogens with zero attached hydrogens (tertiary/aromatic N) is 2. The van der Waals surface area contributed by atoms with Gasteiger partial charge in [-0.1, -0.05) is 48.1 Å². The van der Waals surface area contributed by atoms with Crippen LogP contribution < -0.4 is 9.64 Å². The zero-order chi connectivity index (χ0) is 25.8. The monoisotopic (exact) mass is 539 g/mol. The molecule has 0 bridgehead atoms. The van der Waals surface area contributed by atoms with Crippen molar-refractivity contribution in [3.63, 3.8) is 0 Å². The van der Waals surface area contributed by atoms with Crippen LogP contribution in [0.5, 0.6) is 5.75 Å². The van der Waals surface area contributed by atoms with Crippen LogP contribution >= 0.6 is 11.6 Å². The van der Waals surface area contributed by atoms with Crippen LogP contribution in [0.25, 0.3) is 0 Å². The van der Waals surface area contributed by atoms with Crippen molar-refractivity contribution in [2.75, 3.05) is 30.3 Å². The molecular weight excluding hydrogens is 504 g/mol. The summed E-state index contributed by atoms with van der Waals surface area (Å²) in [6.07, 6.45) is 11.5. The Morgan fingerprint density at radius 2 is 2.08 bits per heavy atom. The second-order valence-electron chi connectivity index (χ2n) is 10.4. The SMILES string of the molecule is CCN1C[C@@H]2CC[C@H]2[C@@H]2/C=C/CCC[S-](=O)=NC(=O)c3ccc(OCCCCc4cccc(Cl)c4)c1c32. The minimum atomic E-state index is -1.49. The predicted octanol–water partition coefficient (Wildman–Crippen LogP) is 7.33. The van der Waals surface area contributed by atoms with Gasteiger partial charge in [-0.25, -0.2) is 0 Å². The van der Waals surface area contributed by atoms with Gasteiger partial charge in [-0.2, -0.15) is 10.6 Å². The highest BCUT2D eigenvalue weighted by Gasteiger charge is 2.43. The average Bonchev–Trinajstić information content (AvgIpc) is 2.97. The Labute approximate surface area is 227 Å². The Kier molecular flexibility index (Phi) is 8.56. The number of hydrogen-bond acceptors (Lipinski definition) is 5. The normalized spacial score (nSPS) is 24.5. The summed E-state index contributed by atoms with van der Waals surface area (Å²) in [5, 5.41) is 0.772. The first-order chi connectivity index (χ1) is 18.0. The molecule has 0 spiro atoms. The van der Waals surface area contributed by atoms with Gasteiger partial charge in [-0.3, -0.25) is 4.79 Å². The summed E-state index contributed by atoms with van der Waals surface area (Å²) >= 11 is 6.13. The van der Waals surface area contributed by atoms with E-state index in [-0.39, 0.29) is 11.8 Å². The fraction of sp³-hybridized carbons (Fsp3) is 0.500. The lowest BCUT2D eigenvalue weighted by molar-refractivity contribution is 0.100. The van der Waals surface area contributed by atoms with Crippen LogP contribution in [0.2, 0.25) is 5.02 Å². The Morgan fingerprint density at radius 3 is 2.86 bits per heavy atom. The van der Waals surface area contributed by atoms with Crippen molar-refractivity contribution in [3.05, 3.63) is 70.3 Å². The van der Waals surface area contributed by atoms with Crippen molar-refractivity contribution in [2.24, 2.45) is 16.2 Å². The highest BCUT2D eigenvalue weighted by atomic mass is 35.5. The largest absolute Gasteiger partial charge is 0.491 e. The third kappa shape index (κ3) is 5.91. The minimum Gasteiger partial charge on any atom is -0.491 e. The number of carbonyl (C=O) groups excluding carboxylic acids is 1. The van der Waals surface area contributed by atoms with E-state index in [0.29, 0.717) is 29.8 Å². The van der Waals surface area contributed by atoms with Gasteiger partial charge in [-0.15, -0.1) is 0 Å². The van der Waals surface area contributed by atoms with E-state index in [1.807, 2.05) is 30.3 Å². The molecule has 1 fully saturated rings. The second-order valence-corrected chi connectivity index (χ2v) is 12.0. The molecule has 0 saturated heterocycles. The molecule has 2 aliphatic heterocycles. The van der Waals surface area contributed by atoms with Gasteiger partial charge in [0.2, 0.25) is 0 Å². The molecule has 2 aromatic carbocycles. The molecule has 2 aromatic rings. The van der Waals surface area contributed by atoms with Gasteiger partial charge < -0.3 is 18.2 Å². The fourth-order valence-electron chi connectivity index (χ4n) is 6.02. The minimum absolute atomic E-state index is 0.150. The number of hydrogen-bond donors (Lipinski definition) is 0. The summed E-state index contributed by atoms with van der Waals surface area (Å²) in [6, 6.07) is 11.8. The van der Waals surface area contributed by atoms with E-state index in [1.165, 1.54) is 18.4 Å². The van der Waals surface area contributed by atoms with Crippen LogP contribution in [-0.4, -0.2) is 31.4 Å². The molecule has 5 nitrogen and oxygen atoms in total. The summed E-state index contributed by atoms with van der Waals surface area (Å²) in [5.41, 5.74) is 3.88. The Bertz CT molecular complexity index is 1250. The van der Waals surface area contributed by atoms with Crippen LogP contribution in [0.4, 0.5) is 5.69 Å². The quantitative estimate of drug-likeness (QED) is 0.210. The smallest absolute Gasteiger partial charge is 0.254 e. The van der Waals surface area contributed by atoms with Crippen LogP contribution in [0.15, 0.2) is 52.9 Å². The summed E-state index contributed by atoms with van der Waals surface area (Å²) in [6.45, 7) is 4.60. The highest BCUT2D eigenvalue weighted by molar-refractivity contribution is 7.75. The van der Waals surface area contributed by atoms with Gasteiger partial charge in [0.1, 0.15) is 5.75 Å². The molecule has 1 aliphatic carbocycles. The van der Waals surface area contributed by atoms with Crippen LogP contribution in [0, 0.1) is 11.8 Å². The third-order valence-corrected chi connectivity index (χ3v) is 9.30. The predicted molar refractivity (Wildman–Crippen MR) is 151 cm³/mol. The summed E-state index contributed by atoms with van der Waals surface area (Å²) in [7, 11) is -1.49. The van der Waals surface area contributed by atoms with Gasteiger partial charge in [0, 0.05) is 29.6 Å². The Balaban J connectivity index is 1.45. The second kappa shape index (κ2) is 12.0. The van der Waals surface area contributed by atoms with Crippen molar-refractivity contribution < 1.29 is 13.7 Å². The van der Waals surface area contributed by atoms with Gasteiger partial charge >= 0.3 is 0 Å². The zero-order valence-electron chi connectivity index (χ0n) is 21.5. The number of ether oxygens (including phenoxy) is 1. The Hall–Kier alpha value is -2.31. The molecule has 0 unspecified atom stereocenters. The van der Waals surface area contributed by atoms with Crippen LogP contribution in [-0.2, 0) is 21.2 Å². The molecule has 0 N–H and O–H groups in total. The van der Waals surface area contributed by atoms with Crippen molar-refractivity contribution in [2.45, 2.75) is 57.8 Å². The number of unbranched alkanes of at least 4 members (excludes halogenated alkanes) is 1. The molecule has 5 rings (SSSR count). The molecule has 2 heterocycles. The molecule has 3 aliphatic rings. The number of amides is 1. The number of fused-ring (bicyclic) bond motifs is 2. The molecule has 1 saturated carbocycles. The molecule has 37 heavy (non-hydrogen) atoms. The summed E-state index contributed by atoms with van der Waals surface area (Å²) < 4.78 is 23.0. The Morgan fingerprint density at radius 1 is 1.19 bits per heavy atom. The van der Waals surface area contributed by atoms with Crippen LogP contribution in [0.1, 0.15) is 72.9 Å². The number of benzene rings is 2. The number of anilines is 1. The highest BCUT2D eigenvalue weighted by Crippen LogP contribution is 2.53. The van der Waals surface area contributed by atoms with E-state index < -0.39 is 10.6 Å². The van der Waals surface area contributed by atoms with Crippen molar-refractivity contribution >= 4 is 33.8 Å². The maximum absolute atomic E-state index is 13.3. The number of aryl methyl sites for hydroxylation is 1. The van der Waals surface area contributed by atoms with Crippen molar-refractivity contribution in [3.8, 4) is 5.75 Å². The van der Waals surface area contributed by atoms with E-state index in [2.05, 4.69) is 34.4 Å². The van der Waals surface area contributed by atoms with Crippen LogP contribution in [0.3, 0.4) is 0 Å². The van der Waals surface area contributed by atoms with E-state index in [1.54, 1.807) is 0 Å². The number of rotatable bonds is 7. The molecular formula is C30H36ClN2O3S-. The zero-order valence-corrected chi connectivity index (χ0v) is 23.1. The molecule has 0 aromatic heterocycles. The number of halogens is 1. The van der Waals surface area contributed by atoms with E-state index in [4.69, 9.17) is 16.3 Å². The van der Waals surface area contributed by atoms with Crippen molar-refractivity contribution in [1.29, 1.82) is 0 Å². The maximum atomic E-state index is 13.3. The lowest BCUT2D eigenvalue weighted by Gasteiger charge is -2.40. The molecule has 198 valence electrons. The maximum Gasteiger partial charge on any atom is 0.254 e. The first kappa shape index (κ1) is 26.3. The first-order valence-corrected chi connectivity index (χ1v) is 15.3. The molecule has 3 atom stereocenters. The summed E-state index contributed by atoms with van der Waals surface area (Å²) in [4.78, 5) is 15.7. The molecule has 7 heteroatoms. The summed E-state index contributed by atoms with van der Waals surface area (Å²) in [5.74, 6) is 2.16. The number of carbonyl (C=O) groups is 1. The molecule has 1 amide bonds. The van der Waals surface area contributed by atoms with E-state index >= 15 is 0 Å². The standard InChI is InChI=1S/C30H36ClN2O3S/c1-2-33-20-22-13-14-24(22)25-12-4-3-7-18-37(35)32-30(34)26-15-16-27(29(33)28(25)26)36-17-6-5-9-21-10-8-11-23(31)19-21/h4,8,10-12,15-16,19,22,24-25H,2-3,5-7,9,13-14,17-18,20H2,1H3/q-1/b12-4+/t22-,24+,25-/m0/s1. The lowest BCUT2D eigenvalue weighted by atomic mass is 9.65. The molecule has 0 radical (unpaired) electrons. The van der Waals surface area contributed by atoms with Gasteiger partial charge in [0.25, 0.3) is 5.91 Å². The fourth-order valence-corrected chi connectivity index (χ4v) is 7.03. The van der Waals surface area contributed by atoms with Gasteiger partial charge in [0.15, 0.2) is 0 Å². The number of allylic oxidation sites excluding steroid dienone is 2.